The molecule has 0 saturated carbocycles. The number of benzene rings is 1. The van der Waals surface area contributed by atoms with Crippen molar-refractivity contribution in [3.63, 3.8) is 0 Å². The third-order valence-corrected chi connectivity index (χ3v) is 8.43. The third kappa shape index (κ3) is 5.56. The molecule has 0 bridgehead atoms. The average Bonchev–Trinajstić information content (AvgIpc) is 3.14. The minimum absolute atomic E-state index is 0.0607. The number of nitrogens with zero attached hydrogens (tertiary/aromatic N) is 3. The van der Waals surface area contributed by atoms with Gasteiger partial charge in [0.15, 0.2) is 9.84 Å². The molecular weight excluding hydrogens is 428 g/mol. The van der Waals surface area contributed by atoms with Gasteiger partial charge in [-0.1, -0.05) is 30.7 Å². The van der Waals surface area contributed by atoms with Crippen LogP contribution in [0.1, 0.15) is 56.6 Å². The zero-order valence-corrected chi connectivity index (χ0v) is 19.4. The van der Waals surface area contributed by atoms with Crippen LogP contribution in [0.4, 0.5) is 0 Å². The van der Waals surface area contributed by atoms with Crippen molar-refractivity contribution in [2.45, 2.75) is 70.6 Å². The largest absolute Gasteiger partial charge is 0.347 e. The summed E-state index contributed by atoms with van der Waals surface area (Å²) in [5.41, 5.74) is 2.55. The number of carbonyl (C=O) groups excluding carboxylic acids is 2. The predicted molar refractivity (Wildman–Crippen MR) is 123 cm³/mol. The summed E-state index contributed by atoms with van der Waals surface area (Å²) in [5.74, 6) is -0.554. The summed E-state index contributed by atoms with van der Waals surface area (Å²) in [4.78, 5) is 27.4. The van der Waals surface area contributed by atoms with E-state index in [0.29, 0.717) is 19.0 Å². The molecule has 1 aromatic carbocycles. The van der Waals surface area contributed by atoms with Crippen LogP contribution < -0.4 is 5.32 Å². The molecule has 174 valence electrons. The van der Waals surface area contributed by atoms with E-state index in [4.69, 9.17) is 0 Å². The molecule has 3 aliphatic heterocycles. The fraction of sp³-hybridized carbons (Fsp3) is 0.609. The molecule has 0 aliphatic carbocycles. The van der Waals surface area contributed by atoms with Gasteiger partial charge in [0.1, 0.15) is 5.71 Å². The summed E-state index contributed by atoms with van der Waals surface area (Å²) < 4.78 is 23.5. The molecule has 2 amide bonds. The summed E-state index contributed by atoms with van der Waals surface area (Å²) in [6, 6.07) is 8.45. The number of carbonyl (C=O) groups is 2. The van der Waals surface area contributed by atoms with Crippen LogP contribution in [0, 0.1) is 0 Å². The van der Waals surface area contributed by atoms with E-state index in [-0.39, 0.29) is 41.9 Å². The van der Waals surface area contributed by atoms with Crippen molar-refractivity contribution >= 4 is 27.4 Å². The molecule has 9 heteroatoms. The number of rotatable bonds is 6. The molecule has 2 saturated heterocycles. The highest BCUT2D eigenvalue weighted by Gasteiger charge is 2.37. The lowest BCUT2D eigenvalue weighted by Gasteiger charge is -2.33. The summed E-state index contributed by atoms with van der Waals surface area (Å²) in [7, 11) is -3.14. The van der Waals surface area contributed by atoms with Crippen LogP contribution >= 0.6 is 0 Å². The topological polar surface area (TPSA) is 99.2 Å². The Labute approximate surface area is 190 Å². The molecular formula is C23H32N4O4S. The van der Waals surface area contributed by atoms with Crippen LogP contribution in [0.25, 0.3) is 0 Å². The molecule has 0 spiro atoms. The Balaban J connectivity index is 1.32. The summed E-state index contributed by atoms with van der Waals surface area (Å²) in [5, 5.41) is 8.33. The van der Waals surface area contributed by atoms with Crippen molar-refractivity contribution in [2.24, 2.45) is 5.10 Å². The van der Waals surface area contributed by atoms with Crippen molar-refractivity contribution in [3.05, 3.63) is 35.4 Å². The highest BCUT2D eigenvalue weighted by atomic mass is 32.2. The Bertz CT molecular complexity index is 990. The Kier molecular flexibility index (Phi) is 6.95. The Morgan fingerprint density at radius 2 is 1.88 bits per heavy atom. The van der Waals surface area contributed by atoms with Gasteiger partial charge < -0.3 is 5.32 Å². The lowest BCUT2D eigenvalue weighted by Crippen LogP contribution is -2.43. The lowest BCUT2D eigenvalue weighted by atomic mass is 10.0. The molecule has 1 aromatic rings. The molecule has 3 aliphatic rings. The van der Waals surface area contributed by atoms with Crippen molar-refractivity contribution < 1.29 is 18.0 Å². The number of likely N-dealkylation sites (tertiary alicyclic amines) is 1. The molecule has 2 fully saturated rings. The monoisotopic (exact) mass is 460 g/mol. The zero-order chi connectivity index (χ0) is 22.7. The maximum atomic E-state index is 12.6. The van der Waals surface area contributed by atoms with Crippen LogP contribution in [-0.2, 0) is 32.5 Å². The summed E-state index contributed by atoms with van der Waals surface area (Å²) >= 11 is 0. The molecule has 8 nitrogen and oxygen atoms in total. The van der Waals surface area contributed by atoms with Gasteiger partial charge in [0.25, 0.3) is 5.91 Å². The van der Waals surface area contributed by atoms with Gasteiger partial charge >= 0.3 is 0 Å². The molecule has 1 N–H and O–H groups in total. The fourth-order valence-corrected chi connectivity index (χ4v) is 6.35. The van der Waals surface area contributed by atoms with Gasteiger partial charge in [0, 0.05) is 32.0 Å². The van der Waals surface area contributed by atoms with Crippen LogP contribution in [0.3, 0.4) is 0 Å². The molecule has 0 radical (unpaired) electrons. The average molecular weight is 461 g/mol. The number of amides is 2. The minimum atomic E-state index is -3.14. The second-order valence-corrected chi connectivity index (χ2v) is 11.4. The van der Waals surface area contributed by atoms with E-state index in [2.05, 4.69) is 34.4 Å². The molecule has 2 unspecified atom stereocenters. The Morgan fingerprint density at radius 1 is 1.12 bits per heavy atom. The molecule has 32 heavy (non-hydrogen) atoms. The quantitative estimate of drug-likeness (QED) is 0.698. The molecule has 4 rings (SSSR count). The van der Waals surface area contributed by atoms with Gasteiger partial charge in [-0.15, -0.1) is 0 Å². The second-order valence-electron chi connectivity index (χ2n) is 9.16. The zero-order valence-electron chi connectivity index (χ0n) is 18.6. The first-order chi connectivity index (χ1) is 15.3. The number of piperidine rings is 1. The van der Waals surface area contributed by atoms with Crippen LogP contribution in [-0.4, -0.2) is 66.0 Å². The van der Waals surface area contributed by atoms with Gasteiger partial charge in [-0.05, 0) is 43.9 Å². The van der Waals surface area contributed by atoms with E-state index in [0.717, 1.165) is 18.7 Å². The van der Waals surface area contributed by atoms with Gasteiger partial charge in [0.2, 0.25) is 5.91 Å². The van der Waals surface area contributed by atoms with Gasteiger partial charge in [0.05, 0.1) is 17.5 Å². The van der Waals surface area contributed by atoms with Crippen molar-refractivity contribution in [1.82, 2.24) is 15.2 Å². The SMILES string of the molecule is CC1CCCCN1Cc1ccc(CNC(=O)C2=NN(C3CCS(=O)(=O)C3)C(=O)CC2)cc1. The van der Waals surface area contributed by atoms with Gasteiger partial charge in [-0.25, -0.2) is 13.4 Å². The third-order valence-electron chi connectivity index (χ3n) is 6.68. The Morgan fingerprint density at radius 3 is 2.56 bits per heavy atom. The van der Waals surface area contributed by atoms with Crippen LogP contribution in [0.2, 0.25) is 0 Å². The van der Waals surface area contributed by atoms with Gasteiger partial charge in [-0.3, -0.25) is 14.5 Å². The van der Waals surface area contributed by atoms with Crippen molar-refractivity contribution in [3.8, 4) is 0 Å². The fourth-order valence-electron chi connectivity index (χ4n) is 4.66. The van der Waals surface area contributed by atoms with Gasteiger partial charge in [-0.2, -0.15) is 5.10 Å². The van der Waals surface area contributed by atoms with Crippen LogP contribution in [0.5, 0.6) is 0 Å². The van der Waals surface area contributed by atoms with E-state index in [1.807, 2.05) is 12.1 Å². The smallest absolute Gasteiger partial charge is 0.267 e. The van der Waals surface area contributed by atoms with Crippen molar-refractivity contribution in [2.75, 3.05) is 18.1 Å². The van der Waals surface area contributed by atoms with E-state index >= 15 is 0 Å². The highest BCUT2D eigenvalue weighted by Crippen LogP contribution is 2.22. The maximum Gasteiger partial charge on any atom is 0.267 e. The van der Waals surface area contributed by atoms with E-state index in [1.165, 1.54) is 29.8 Å². The molecule has 2 atom stereocenters. The van der Waals surface area contributed by atoms with E-state index < -0.39 is 15.9 Å². The Hall–Kier alpha value is -2.26. The lowest BCUT2D eigenvalue weighted by molar-refractivity contribution is -0.133. The number of hydrazone groups is 1. The van der Waals surface area contributed by atoms with Crippen molar-refractivity contribution in [1.29, 1.82) is 0 Å². The number of hydrogen-bond donors (Lipinski definition) is 1. The van der Waals surface area contributed by atoms with E-state index in [1.54, 1.807) is 0 Å². The number of hydrogen-bond acceptors (Lipinski definition) is 6. The predicted octanol–water partition coefficient (Wildman–Crippen LogP) is 1.84. The maximum absolute atomic E-state index is 12.6. The first-order valence-corrected chi connectivity index (χ1v) is 13.3. The normalized spacial score (nSPS) is 26.1. The summed E-state index contributed by atoms with van der Waals surface area (Å²) in [6.45, 7) is 4.76. The number of nitrogens with one attached hydrogen (secondary N) is 1. The number of sulfone groups is 1. The second kappa shape index (κ2) is 9.70. The minimum Gasteiger partial charge on any atom is -0.347 e. The first kappa shape index (κ1) is 22.9. The standard InChI is InChI=1S/C23H32N4O4S/c1-17-4-2-3-12-26(17)15-19-7-5-18(6-8-19)14-24-23(29)21-9-10-22(28)27(25-21)20-11-13-32(30,31)16-20/h5-8,17,20H,2-4,9-16H2,1H3,(H,24,29). The summed E-state index contributed by atoms with van der Waals surface area (Å²) in [6.07, 6.45) is 4.65. The van der Waals surface area contributed by atoms with E-state index in [9.17, 15) is 18.0 Å². The molecule has 0 aromatic heterocycles. The van der Waals surface area contributed by atoms with Crippen LogP contribution in [0.15, 0.2) is 29.4 Å². The highest BCUT2D eigenvalue weighted by molar-refractivity contribution is 7.91. The first-order valence-electron chi connectivity index (χ1n) is 11.5. The molecule has 3 heterocycles.